The normalized spacial score (nSPS) is 17.6. The standard InChI is InChI=1S/C18H27NO2/c1-2-3-7-15-8-10-16(11-9-15)14-17(18(20)21)19-12-5-4-6-13-19/h8-11,17H,2-7,12-14H2,1H3,(H,20,21)/t17-/m1/s1. The number of unbranched alkanes of at least 4 members (excludes halogenated alkanes) is 1. The van der Waals surface area contributed by atoms with Gasteiger partial charge in [-0.3, -0.25) is 9.69 Å². The minimum Gasteiger partial charge on any atom is -0.480 e. The van der Waals surface area contributed by atoms with E-state index in [0.29, 0.717) is 6.42 Å². The quantitative estimate of drug-likeness (QED) is 0.835. The van der Waals surface area contributed by atoms with Crippen molar-refractivity contribution in [2.24, 2.45) is 0 Å². The van der Waals surface area contributed by atoms with Crippen molar-refractivity contribution in [3.05, 3.63) is 35.4 Å². The van der Waals surface area contributed by atoms with E-state index < -0.39 is 5.97 Å². The van der Waals surface area contributed by atoms with Gasteiger partial charge in [0.1, 0.15) is 6.04 Å². The van der Waals surface area contributed by atoms with Crippen molar-refractivity contribution in [1.82, 2.24) is 4.90 Å². The first kappa shape index (κ1) is 16.0. The van der Waals surface area contributed by atoms with Crippen LogP contribution in [0.1, 0.15) is 50.2 Å². The first-order valence-electron chi connectivity index (χ1n) is 8.25. The summed E-state index contributed by atoms with van der Waals surface area (Å²) < 4.78 is 0. The van der Waals surface area contributed by atoms with E-state index in [2.05, 4.69) is 36.1 Å². The Morgan fingerprint density at radius 2 is 1.76 bits per heavy atom. The molecule has 1 aromatic carbocycles. The average molecular weight is 289 g/mol. The second kappa shape index (κ2) is 8.18. The van der Waals surface area contributed by atoms with Crippen LogP contribution in [0.25, 0.3) is 0 Å². The summed E-state index contributed by atoms with van der Waals surface area (Å²) in [6.07, 6.45) is 7.63. The van der Waals surface area contributed by atoms with Crippen LogP contribution in [0.3, 0.4) is 0 Å². The Bertz CT molecular complexity index is 435. The van der Waals surface area contributed by atoms with Crippen molar-refractivity contribution in [2.75, 3.05) is 13.1 Å². The molecule has 0 spiro atoms. The Hall–Kier alpha value is -1.35. The molecule has 1 N–H and O–H groups in total. The molecule has 1 fully saturated rings. The van der Waals surface area contributed by atoms with Crippen LogP contribution in [0.4, 0.5) is 0 Å². The lowest BCUT2D eigenvalue weighted by atomic mass is 9.99. The molecule has 0 bridgehead atoms. The topological polar surface area (TPSA) is 40.5 Å². The number of carbonyl (C=O) groups is 1. The predicted octanol–water partition coefficient (Wildman–Crippen LogP) is 3.51. The molecule has 3 nitrogen and oxygen atoms in total. The van der Waals surface area contributed by atoms with Crippen LogP contribution < -0.4 is 0 Å². The zero-order valence-electron chi connectivity index (χ0n) is 13.1. The van der Waals surface area contributed by atoms with Crippen LogP contribution in [-0.2, 0) is 17.6 Å². The fourth-order valence-corrected chi connectivity index (χ4v) is 3.05. The highest BCUT2D eigenvalue weighted by atomic mass is 16.4. The second-order valence-corrected chi connectivity index (χ2v) is 6.07. The number of hydrogen-bond acceptors (Lipinski definition) is 2. The molecule has 1 atom stereocenters. The Kier molecular flexibility index (Phi) is 6.24. The molecule has 116 valence electrons. The minimum absolute atomic E-state index is 0.369. The number of rotatable bonds is 7. The molecule has 3 heteroatoms. The summed E-state index contributed by atoms with van der Waals surface area (Å²) in [6.45, 7) is 4.04. The van der Waals surface area contributed by atoms with Crippen molar-refractivity contribution in [1.29, 1.82) is 0 Å². The van der Waals surface area contributed by atoms with Gasteiger partial charge in [-0.2, -0.15) is 0 Å². The number of likely N-dealkylation sites (tertiary alicyclic amines) is 1. The number of aliphatic carboxylic acids is 1. The fraction of sp³-hybridized carbons (Fsp3) is 0.611. The molecule has 0 aliphatic carbocycles. The van der Waals surface area contributed by atoms with E-state index in [9.17, 15) is 9.90 Å². The summed E-state index contributed by atoms with van der Waals surface area (Å²) in [4.78, 5) is 13.7. The maximum Gasteiger partial charge on any atom is 0.321 e. The van der Waals surface area contributed by atoms with Crippen molar-refractivity contribution >= 4 is 5.97 Å². The molecule has 0 saturated carbocycles. The second-order valence-electron chi connectivity index (χ2n) is 6.07. The molecule has 1 heterocycles. The monoisotopic (exact) mass is 289 g/mol. The van der Waals surface area contributed by atoms with Gasteiger partial charge in [0, 0.05) is 0 Å². The Morgan fingerprint density at radius 1 is 1.14 bits per heavy atom. The summed E-state index contributed by atoms with van der Waals surface area (Å²) >= 11 is 0. The summed E-state index contributed by atoms with van der Waals surface area (Å²) in [5.41, 5.74) is 2.48. The molecule has 21 heavy (non-hydrogen) atoms. The van der Waals surface area contributed by atoms with Gasteiger partial charge in [0.05, 0.1) is 0 Å². The van der Waals surface area contributed by atoms with E-state index in [1.165, 1.54) is 24.8 Å². The summed E-state index contributed by atoms with van der Waals surface area (Å²) in [5.74, 6) is -0.688. The van der Waals surface area contributed by atoms with E-state index in [0.717, 1.165) is 37.9 Å². The van der Waals surface area contributed by atoms with E-state index in [-0.39, 0.29) is 6.04 Å². The summed E-state index contributed by atoms with van der Waals surface area (Å²) in [7, 11) is 0. The first-order valence-corrected chi connectivity index (χ1v) is 8.25. The highest BCUT2D eigenvalue weighted by Gasteiger charge is 2.26. The van der Waals surface area contributed by atoms with Gasteiger partial charge in [0.25, 0.3) is 0 Å². The van der Waals surface area contributed by atoms with Gasteiger partial charge in [0.15, 0.2) is 0 Å². The zero-order valence-corrected chi connectivity index (χ0v) is 13.1. The fourth-order valence-electron chi connectivity index (χ4n) is 3.05. The molecule has 0 amide bonds. The van der Waals surface area contributed by atoms with Gasteiger partial charge < -0.3 is 5.11 Å². The third-order valence-electron chi connectivity index (χ3n) is 4.39. The minimum atomic E-state index is -0.688. The highest BCUT2D eigenvalue weighted by Crippen LogP contribution is 2.17. The van der Waals surface area contributed by atoms with Crippen LogP contribution in [0.5, 0.6) is 0 Å². The average Bonchev–Trinajstić information content (AvgIpc) is 2.52. The number of hydrogen-bond donors (Lipinski definition) is 1. The van der Waals surface area contributed by atoms with E-state index in [1.54, 1.807) is 0 Å². The van der Waals surface area contributed by atoms with Crippen LogP contribution in [0.2, 0.25) is 0 Å². The van der Waals surface area contributed by atoms with Gasteiger partial charge in [-0.25, -0.2) is 0 Å². The van der Waals surface area contributed by atoms with Crippen LogP contribution in [0.15, 0.2) is 24.3 Å². The number of carboxylic acid groups (broad SMARTS) is 1. The molecule has 1 aliphatic heterocycles. The molecule has 1 aromatic rings. The van der Waals surface area contributed by atoms with Crippen molar-refractivity contribution in [2.45, 2.75) is 57.9 Å². The molecule has 1 saturated heterocycles. The van der Waals surface area contributed by atoms with Crippen LogP contribution >= 0.6 is 0 Å². The molecular formula is C18H27NO2. The van der Waals surface area contributed by atoms with Gasteiger partial charge in [-0.1, -0.05) is 44.0 Å². The Morgan fingerprint density at radius 3 is 2.33 bits per heavy atom. The van der Waals surface area contributed by atoms with Crippen molar-refractivity contribution in [3.8, 4) is 0 Å². The zero-order chi connectivity index (χ0) is 15.1. The lowest BCUT2D eigenvalue weighted by Gasteiger charge is -2.32. The number of nitrogens with zero attached hydrogens (tertiary/aromatic N) is 1. The first-order chi connectivity index (χ1) is 10.2. The van der Waals surface area contributed by atoms with Crippen molar-refractivity contribution < 1.29 is 9.90 Å². The maximum absolute atomic E-state index is 11.6. The van der Waals surface area contributed by atoms with Crippen molar-refractivity contribution in [3.63, 3.8) is 0 Å². The molecule has 1 aliphatic rings. The third-order valence-corrected chi connectivity index (χ3v) is 4.39. The summed E-state index contributed by atoms with van der Waals surface area (Å²) in [5, 5.41) is 9.52. The molecule has 0 aromatic heterocycles. The molecule has 0 unspecified atom stereocenters. The van der Waals surface area contributed by atoms with E-state index >= 15 is 0 Å². The van der Waals surface area contributed by atoms with Crippen LogP contribution in [0, 0.1) is 0 Å². The smallest absolute Gasteiger partial charge is 0.321 e. The lowest BCUT2D eigenvalue weighted by molar-refractivity contribution is -0.143. The molecular weight excluding hydrogens is 262 g/mol. The number of carboxylic acids is 1. The maximum atomic E-state index is 11.6. The number of piperidine rings is 1. The molecule has 0 radical (unpaired) electrons. The van der Waals surface area contributed by atoms with E-state index in [4.69, 9.17) is 0 Å². The molecule has 2 rings (SSSR count). The van der Waals surface area contributed by atoms with Crippen LogP contribution in [-0.4, -0.2) is 35.1 Å². The van der Waals surface area contributed by atoms with E-state index in [1.807, 2.05) is 0 Å². The Balaban J connectivity index is 1.97. The predicted molar refractivity (Wildman–Crippen MR) is 85.6 cm³/mol. The number of aryl methyl sites for hydroxylation is 1. The highest BCUT2D eigenvalue weighted by molar-refractivity contribution is 5.74. The number of benzene rings is 1. The van der Waals surface area contributed by atoms with Gasteiger partial charge in [-0.05, 0) is 56.3 Å². The SMILES string of the molecule is CCCCc1ccc(C[C@H](C(=O)O)N2CCCCC2)cc1. The third kappa shape index (κ3) is 4.85. The van der Waals surface area contributed by atoms with Gasteiger partial charge >= 0.3 is 5.97 Å². The van der Waals surface area contributed by atoms with Gasteiger partial charge in [-0.15, -0.1) is 0 Å². The van der Waals surface area contributed by atoms with Gasteiger partial charge in [0.2, 0.25) is 0 Å². The lowest BCUT2D eigenvalue weighted by Crippen LogP contribution is -2.45. The Labute approximate surface area is 128 Å². The largest absolute Gasteiger partial charge is 0.480 e. The summed E-state index contributed by atoms with van der Waals surface area (Å²) in [6, 6.07) is 8.14.